The van der Waals surface area contributed by atoms with E-state index >= 15 is 0 Å². The van der Waals surface area contributed by atoms with Crippen LogP contribution in [0.3, 0.4) is 0 Å². The van der Waals surface area contributed by atoms with Gasteiger partial charge in [-0.1, -0.05) is 19.1 Å². The molecule has 0 spiro atoms. The third-order valence-electron chi connectivity index (χ3n) is 2.56. The maximum absolute atomic E-state index is 12.8. The molecule has 1 aromatic carbocycles. The van der Waals surface area contributed by atoms with Gasteiger partial charge in [-0.15, -0.1) is 0 Å². The second kappa shape index (κ2) is 5.61. The van der Waals surface area contributed by atoms with Gasteiger partial charge in [0, 0.05) is 18.5 Å². The minimum Gasteiger partial charge on any atom is -0.352 e. The van der Waals surface area contributed by atoms with Crippen molar-refractivity contribution in [3.05, 3.63) is 35.6 Å². The van der Waals surface area contributed by atoms with Crippen molar-refractivity contribution in [2.45, 2.75) is 26.4 Å². The fourth-order valence-electron chi connectivity index (χ4n) is 1.24. The van der Waals surface area contributed by atoms with Gasteiger partial charge in [-0.25, -0.2) is 4.39 Å². The summed E-state index contributed by atoms with van der Waals surface area (Å²) in [4.78, 5) is 11.6. The zero-order chi connectivity index (χ0) is 12.1. The number of carbonyl (C=O) groups excluding carboxylic acids is 1. The van der Waals surface area contributed by atoms with Crippen LogP contribution < -0.4 is 11.1 Å². The van der Waals surface area contributed by atoms with E-state index in [-0.39, 0.29) is 23.7 Å². The lowest BCUT2D eigenvalue weighted by Crippen LogP contribution is -2.38. The Hall–Kier alpha value is -1.42. The highest BCUT2D eigenvalue weighted by atomic mass is 19.1. The van der Waals surface area contributed by atoms with Gasteiger partial charge in [0.2, 0.25) is 5.91 Å². The van der Waals surface area contributed by atoms with Crippen molar-refractivity contribution < 1.29 is 9.18 Å². The van der Waals surface area contributed by atoms with Crippen LogP contribution in [0, 0.1) is 11.7 Å². The highest BCUT2D eigenvalue weighted by Crippen LogP contribution is 2.04. The molecule has 0 aliphatic carbocycles. The molecule has 0 bridgehead atoms. The Labute approximate surface area is 94.8 Å². The van der Waals surface area contributed by atoms with Crippen LogP contribution >= 0.6 is 0 Å². The second-order valence-corrected chi connectivity index (χ2v) is 4.00. The molecule has 1 aromatic rings. The first kappa shape index (κ1) is 12.6. The smallest absolute Gasteiger partial charge is 0.224 e. The highest BCUT2D eigenvalue weighted by molar-refractivity contribution is 5.78. The molecule has 4 heteroatoms. The number of rotatable bonds is 4. The van der Waals surface area contributed by atoms with Crippen molar-refractivity contribution in [1.29, 1.82) is 0 Å². The van der Waals surface area contributed by atoms with Crippen molar-refractivity contribution in [1.82, 2.24) is 5.32 Å². The molecule has 0 aliphatic rings. The second-order valence-electron chi connectivity index (χ2n) is 4.00. The van der Waals surface area contributed by atoms with Gasteiger partial charge in [-0.2, -0.15) is 0 Å². The van der Waals surface area contributed by atoms with Gasteiger partial charge in [0.15, 0.2) is 0 Å². The molecule has 0 saturated heterocycles. The number of halogens is 1. The van der Waals surface area contributed by atoms with Crippen LogP contribution in [-0.4, -0.2) is 11.9 Å². The number of hydrogen-bond acceptors (Lipinski definition) is 2. The average molecular weight is 224 g/mol. The fraction of sp³-hybridized carbons (Fsp3) is 0.417. The van der Waals surface area contributed by atoms with Gasteiger partial charge in [0.05, 0.1) is 0 Å². The Morgan fingerprint density at radius 2 is 2.19 bits per heavy atom. The zero-order valence-electron chi connectivity index (χ0n) is 9.53. The first-order valence-electron chi connectivity index (χ1n) is 5.28. The van der Waals surface area contributed by atoms with Gasteiger partial charge in [0.1, 0.15) is 5.82 Å². The van der Waals surface area contributed by atoms with E-state index in [0.29, 0.717) is 6.54 Å². The Morgan fingerprint density at radius 1 is 1.50 bits per heavy atom. The van der Waals surface area contributed by atoms with Crippen LogP contribution in [0.5, 0.6) is 0 Å². The molecule has 1 rings (SSSR count). The standard InChI is InChI=1S/C12H17FN2O/c1-8(9(2)14)12(16)15-7-10-4-3-5-11(13)6-10/h3-6,8-9H,7,14H2,1-2H3,(H,15,16). The monoisotopic (exact) mass is 224 g/mol. The van der Waals surface area contributed by atoms with Crippen LogP contribution in [0.4, 0.5) is 4.39 Å². The Bertz CT molecular complexity index is 366. The van der Waals surface area contributed by atoms with E-state index in [9.17, 15) is 9.18 Å². The average Bonchev–Trinajstić information content (AvgIpc) is 2.24. The summed E-state index contributed by atoms with van der Waals surface area (Å²) in [6.07, 6.45) is 0. The summed E-state index contributed by atoms with van der Waals surface area (Å²) >= 11 is 0. The minimum atomic E-state index is -0.299. The van der Waals surface area contributed by atoms with E-state index < -0.39 is 0 Å². The van der Waals surface area contributed by atoms with E-state index in [1.54, 1.807) is 26.0 Å². The molecule has 3 N–H and O–H groups in total. The minimum absolute atomic E-state index is 0.112. The SMILES string of the molecule is CC(N)C(C)C(=O)NCc1cccc(F)c1. The van der Waals surface area contributed by atoms with Gasteiger partial charge < -0.3 is 11.1 Å². The summed E-state index contributed by atoms with van der Waals surface area (Å²) < 4.78 is 12.8. The van der Waals surface area contributed by atoms with Gasteiger partial charge in [-0.05, 0) is 24.6 Å². The third kappa shape index (κ3) is 3.62. The molecule has 0 fully saturated rings. The molecule has 16 heavy (non-hydrogen) atoms. The molecule has 0 aliphatic heterocycles. The lowest BCUT2D eigenvalue weighted by molar-refractivity contribution is -0.125. The van der Waals surface area contributed by atoms with Crippen molar-refractivity contribution in [2.24, 2.45) is 11.7 Å². The molecule has 0 radical (unpaired) electrons. The van der Waals surface area contributed by atoms with Crippen LogP contribution in [-0.2, 0) is 11.3 Å². The topological polar surface area (TPSA) is 55.1 Å². The zero-order valence-corrected chi connectivity index (χ0v) is 9.53. The number of carbonyl (C=O) groups is 1. The Morgan fingerprint density at radius 3 is 2.75 bits per heavy atom. The summed E-state index contributed by atoms with van der Waals surface area (Å²) in [6, 6.07) is 5.96. The molecule has 3 nitrogen and oxygen atoms in total. The molecule has 0 saturated carbocycles. The number of hydrogen-bond donors (Lipinski definition) is 2. The molecular formula is C12H17FN2O. The Balaban J connectivity index is 2.49. The predicted octanol–water partition coefficient (Wildman–Crippen LogP) is 1.43. The fourth-order valence-corrected chi connectivity index (χ4v) is 1.24. The van der Waals surface area contributed by atoms with Crippen molar-refractivity contribution in [3.8, 4) is 0 Å². The molecule has 88 valence electrons. The maximum Gasteiger partial charge on any atom is 0.224 e. The lowest BCUT2D eigenvalue weighted by Gasteiger charge is -2.15. The van der Waals surface area contributed by atoms with E-state index in [0.717, 1.165) is 5.56 Å². The number of benzene rings is 1. The van der Waals surface area contributed by atoms with Crippen LogP contribution in [0.15, 0.2) is 24.3 Å². The van der Waals surface area contributed by atoms with E-state index in [2.05, 4.69) is 5.32 Å². The molecule has 1 amide bonds. The van der Waals surface area contributed by atoms with E-state index in [4.69, 9.17) is 5.73 Å². The summed E-state index contributed by atoms with van der Waals surface area (Å²) in [5, 5.41) is 2.72. The van der Waals surface area contributed by atoms with Crippen LogP contribution in [0.1, 0.15) is 19.4 Å². The number of nitrogens with two attached hydrogens (primary N) is 1. The lowest BCUT2D eigenvalue weighted by atomic mass is 10.0. The first-order valence-corrected chi connectivity index (χ1v) is 5.28. The van der Waals surface area contributed by atoms with Gasteiger partial charge >= 0.3 is 0 Å². The quantitative estimate of drug-likeness (QED) is 0.812. The maximum atomic E-state index is 12.8. The number of nitrogens with one attached hydrogen (secondary N) is 1. The van der Waals surface area contributed by atoms with E-state index in [1.165, 1.54) is 12.1 Å². The first-order chi connectivity index (χ1) is 7.50. The summed E-state index contributed by atoms with van der Waals surface area (Å²) in [7, 11) is 0. The highest BCUT2D eigenvalue weighted by Gasteiger charge is 2.16. The van der Waals surface area contributed by atoms with Crippen molar-refractivity contribution in [3.63, 3.8) is 0 Å². The van der Waals surface area contributed by atoms with Crippen molar-refractivity contribution >= 4 is 5.91 Å². The molecule has 2 atom stereocenters. The summed E-state index contributed by atoms with van der Waals surface area (Å²) in [5.41, 5.74) is 6.35. The van der Waals surface area contributed by atoms with Crippen LogP contribution in [0.25, 0.3) is 0 Å². The van der Waals surface area contributed by atoms with Gasteiger partial charge in [0.25, 0.3) is 0 Å². The van der Waals surface area contributed by atoms with Gasteiger partial charge in [-0.3, -0.25) is 4.79 Å². The van der Waals surface area contributed by atoms with Crippen molar-refractivity contribution in [2.75, 3.05) is 0 Å². The Kier molecular flexibility index (Phi) is 4.43. The van der Waals surface area contributed by atoms with E-state index in [1.807, 2.05) is 0 Å². The summed E-state index contributed by atoms with van der Waals surface area (Å²) in [6.45, 7) is 3.88. The predicted molar refractivity (Wildman–Crippen MR) is 61.1 cm³/mol. The molecule has 0 aromatic heterocycles. The molecular weight excluding hydrogens is 207 g/mol. The normalized spacial score (nSPS) is 14.2. The molecule has 2 unspecified atom stereocenters. The number of amides is 1. The third-order valence-corrected chi connectivity index (χ3v) is 2.56. The summed E-state index contributed by atoms with van der Waals surface area (Å²) in [5.74, 6) is -0.653. The van der Waals surface area contributed by atoms with Crippen LogP contribution in [0.2, 0.25) is 0 Å². The largest absolute Gasteiger partial charge is 0.352 e. The molecule has 0 heterocycles.